The van der Waals surface area contributed by atoms with Gasteiger partial charge in [0, 0.05) is 6.54 Å². The van der Waals surface area contributed by atoms with Crippen molar-refractivity contribution in [2.45, 2.75) is 30.7 Å². The standard InChI is InChI=1S/C14H21NO7/c15-5-6-20-14-12(19)13(11(18)10(7-16)22-14)21-9-3-1-8(17)2-4-9/h1-4,10-14,16-19H,5-7,15H2/t10?,11-,12?,13?,14-/m0/s1. The molecule has 1 aromatic rings. The van der Waals surface area contributed by atoms with Gasteiger partial charge in [-0.05, 0) is 24.3 Å². The lowest BCUT2D eigenvalue weighted by Gasteiger charge is -2.41. The van der Waals surface area contributed by atoms with Crippen LogP contribution in [0.3, 0.4) is 0 Å². The van der Waals surface area contributed by atoms with Gasteiger partial charge in [-0.3, -0.25) is 0 Å². The van der Waals surface area contributed by atoms with E-state index >= 15 is 0 Å². The summed E-state index contributed by atoms with van der Waals surface area (Å²) in [6.07, 6.45) is -5.58. The molecular weight excluding hydrogens is 294 g/mol. The molecule has 2 rings (SSSR count). The molecule has 0 spiro atoms. The molecule has 0 amide bonds. The van der Waals surface area contributed by atoms with E-state index < -0.39 is 37.3 Å². The van der Waals surface area contributed by atoms with Gasteiger partial charge in [0.2, 0.25) is 0 Å². The Labute approximate surface area is 127 Å². The summed E-state index contributed by atoms with van der Waals surface area (Å²) in [6, 6.07) is 5.82. The van der Waals surface area contributed by atoms with Crippen molar-refractivity contribution in [2.75, 3.05) is 19.8 Å². The van der Waals surface area contributed by atoms with E-state index in [1.807, 2.05) is 0 Å². The van der Waals surface area contributed by atoms with Crippen molar-refractivity contribution < 1.29 is 34.6 Å². The molecule has 8 heteroatoms. The van der Waals surface area contributed by atoms with Crippen molar-refractivity contribution in [3.63, 3.8) is 0 Å². The lowest BCUT2D eigenvalue weighted by Crippen LogP contribution is -2.61. The van der Waals surface area contributed by atoms with Crippen LogP contribution in [0.25, 0.3) is 0 Å². The van der Waals surface area contributed by atoms with Gasteiger partial charge in [0.25, 0.3) is 0 Å². The first kappa shape index (κ1) is 16.9. The van der Waals surface area contributed by atoms with Gasteiger partial charge in [0.1, 0.15) is 29.8 Å². The first-order valence-electron chi connectivity index (χ1n) is 6.96. The molecule has 0 bridgehead atoms. The minimum atomic E-state index is -1.27. The fraction of sp³-hybridized carbons (Fsp3) is 0.571. The number of hydrogen-bond donors (Lipinski definition) is 5. The van der Waals surface area contributed by atoms with Gasteiger partial charge < -0.3 is 40.4 Å². The van der Waals surface area contributed by atoms with Crippen LogP contribution in [0, 0.1) is 0 Å². The smallest absolute Gasteiger partial charge is 0.187 e. The maximum absolute atomic E-state index is 10.2. The molecule has 1 heterocycles. The summed E-state index contributed by atoms with van der Waals surface area (Å²) in [7, 11) is 0. The lowest BCUT2D eigenvalue weighted by molar-refractivity contribution is -0.296. The second kappa shape index (κ2) is 7.73. The van der Waals surface area contributed by atoms with Crippen LogP contribution in [0.5, 0.6) is 11.5 Å². The molecule has 5 atom stereocenters. The van der Waals surface area contributed by atoms with Gasteiger partial charge in [-0.25, -0.2) is 0 Å². The normalized spacial score (nSPS) is 31.9. The Morgan fingerprint density at radius 1 is 1.14 bits per heavy atom. The number of phenolic OH excluding ortho intramolecular Hbond substituents is 1. The molecule has 3 unspecified atom stereocenters. The van der Waals surface area contributed by atoms with Crippen LogP contribution in [0.1, 0.15) is 0 Å². The topological polar surface area (TPSA) is 135 Å². The van der Waals surface area contributed by atoms with Gasteiger partial charge in [-0.1, -0.05) is 0 Å². The third-order valence-corrected chi connectivity index (χ3v) is 3.33. The Morgan fingerprint density at radius 3 is 2.41 bits per heavy atom. The number of ether oxygens (including phenoxy) is 3. The van der Waals surface area contributed by atoms with E-state index in [1.54, 1.807) is 0 Å². The molecule has 1 saturated heterocycles. The highest BCUT2D eigenvalue weighted by Gasteiger charge is 2.46. The third-order valence-electron chi connectivity index (χ3n) is 3.33. The summed E-state index contributed by atoms with van der Waals surface area (Å²) >= 11 is 0. The summed E-state index contributed by atoms with van der Waals surface area (Å²) in [5.74, 6) is 0.412. The maximum atomic E-state index is 10.2. The number of aromatic hydroxyl groups is 1. The van der Waals surface area contributed by atoms with Crippen molar-refractivity contribution in [1.82, 2.24) is 0 Å². The van der Waals surface area contributed by atoms with Crippen LogP contribution in [0.2, 0.25) is 0 Å². The first-order valence-corrected chi connectivity index (χ1v) is 6.96. The minimum Gasteiger partial charge on any atom is -0.508 e. The molecule has 1 aliphatic rings. The van der Waals surface area contributed by atoms with Crippen molar-refractivity contribution in [3.05, 3.63) is 24.3 Å². The summed E-state index contributed by atoms with van der Waals surface area (Å²) < 4.78 is 16.1. The highest BCUT2D eigenvalue weighted by Crippen LogP contribution is 2.27. The quantitative estimate of drug-likeness (QED) is 0.430. The van der Waals surface area contributed by atoms with Crippen molar-refractivity contribution in [2.24, 2.45) is 5.73 Å². The summed E-state index contributed by atoms with van der Waals surface area (Å²) in [4.78, 5) is 0. The van der Waals surface area contributed by atoms with Crippen LogP contribution in [0.4, 0.5) is 0 Å². The second-order valence-electron chi connectivity index (χ2n) is 4.94. The predicted molar refractivity (Wildman–Crippen MR) is 75.3 cm³/mol. The molecule has 6 N–H and O–H groups in total. The minimum absolute atomic E-state index is 0.0674. The molecule has 0 radical (unpaired) electrons. The average Bonchev–Trinajstić information content (AvgIpc) is 2.52. The Morgan fingerprint density at radius 2 is 1.82 bits per heavy atom. The number of phenols is 1. The van der Waals surface area contributed by atoms with Crippen molar-refractivity contribution in [3.8, 4) is 11.5 Å². The first-order chi connectivity index (χ1) is 10.6. The van der Waals surface area contributed by atoms with E-state index in [1.165, 1.54) is 24.3 Å². The van der Waals surface area contributed by atoms with Gasteiger partial charge >= 0.3 is 0 Å². The molecule has 1 aromatic carbocycles. The fourth-order valence-electron chi connectivity index (χ4n) is 2.20. The number of rotatable bonds is 6. The monoisotopic (exact) mass is 315 g/mol. The number of nitrogens with two attached hydrogens (primary N) is 1. The summed E-state index contributed by atoms with van der Waals surface area (Å²) in [5, 5.41) is 38.9. The van der Waals surface area contributed by atoms with Crippen LogP contribution in [-0.2, 0) is 9.47 Å². The van der Waals surface area contributed by atoms with E-state index in [-0.39, 0.29) is 18.9 Å². The highest BCUT2D eigenvalue weighted by atomic mass is 16.7. The largest absolute Gasteiger partial charge is 0.508 e. The molecule has 0 saturated carbocycles. The Bertz CT molecular complexity index is 455. The van der Waals surface area contributed by atoms with E-state index in [2.05, 4.69) is 0 Å². The molecule has 1 aliphatic heterocycles. The summed E-state index contributed by atoms with van der Waals surface area (Å²) in [5.41, 5.74) is 5.34. The van der Waals surface area contributed by atoms with Crippen LogP contribution in [-0.4, -0.2) is 70.9 Å². The van der Waals surface area contributed by atoms with E-state index in [9.17, 15) is 20.4 Å². The number of aliphatic hydroxyl groups is 3. The molecule has 124 valence electrons. The molecular formula is C14H21NO7. The lowest BCUT2D eigenvalue weighted by atomic mass is 9.99. The van der Waals surface area contributed by atoms with Gasteiger partial charge in [-0.2, -0.15) is 0 Å². The fourth-order valence-corrected chi connectivity index (χ4v) is 2.20. The second-order valence-corrected chi connectivity index (χ2v) is 4.94. The molecule has 1 fully saturated rings. The van der Waals surface area contributed by atoms with E-state index in [0.717, 1.165) is 0 Å². The van der Waals surface area contributed by atoms with E-state index in [4.69, 9.17) is 19.9 Å². The van der Waals surface area contributed by atoms with Gasteiger partial charge in [-0.15, -0.1) is 0 Å². The third kappa shape index (κ3) is 3.86. The Balaban J connectivity index is 2.12. The zero-order chi connectivity index (χ0) is 16.1. The zero-order valence-corrected chi connectivity index (χ0v) is 11.9. The van der Waals surface area contributed by atoms with Crippen LogP contribution < -0.4 is 10.5 Å². The number of hydrogen-bond acceptors (Lipinski definition) is 8. The molecule has 8 nitrogen and oxygen atoms in total. The van der Waals surface area contributed by atoms with Gasteiger partial charge in [0.15, 0.2) is 12.4 Å². The van der Waals surface area contributed by atoms with Crippen LogP contribution in [0.15, 0.2) is 24.3 Å². The van der Waals surface area contributed by atoms with Crippen molar-refractivity contribution in [1.29, 1.82) is 0 Å². The van der Waals surface area contributed by atoms with Crippen LogP contribution >= 0.6 is 0 Å². The number of aliphatic hydroxyl groups excluding tert-OH is 3. The molecule has 22 heavy (non-hydrogen) atoms. The zero-order valence-electron chi connectivity index (χ0n) is 11.9. The molecule has 0 aliphatic carbocycles. The Hall–Kier alpha value is -1.42. The predicted octanol–water partition coefficient (Wildman–Crippen LogP) is -1.45. The Kier molecular flexibility index (Phi) is 5.95. The SMILES string of the molecule is NCCO[C@H]1OC(CO)[C@H](O)C(Oc2ccc(O)cc2)C1O. The highest BCUT2D eigenvalue weighted by molar-refractivity contribution is 5.30. The maximum Gasteiger partial charge on any atom is 0.187 e. The van der Waals surface area contributed by atoms with Gasteiger partial charge in [0.05, 0.1) is 13.2 Å². The molecule has 0 aromatic heterocycles. The number of benzene rings is 1. The average molecular weight is 315 g/mol. The summed E-state index contributed by atoms with van der Waals surface area (Å²) in [6.45, 7) is -0.0594. The van der Waals surface area contributed by atoms with Crippen molar-refractivity contribution >= 4 is 0 Å². The van der Waals surface area contributed by atoms with E-state index in [0.29, 0.717) is 5.75 Å².